The van der Waals surface area contributed by atoms with Gasteiger partial charge < -0.3 is 15.7 Å². The van der Waals surface area contributed by atoms with Gasteiger partial charge in [0.15, 0.2) is 0 Å². The molecular weight excluding hydrogens is 308 g/mol. The highest BCUT2D eigenvalue weighted by Gasteiger charge is 2.13. The highest BCUT2D eigenvalue weighted by atomic mass is 32.2. The summed E-state index contributed by atoms with van der Waals surface area (Å²) in [6.07, 6.45) is 0. The molecular formula is C14H14N2O5S. The molecule has 0 aliphatic heterocycles. The third kappa shape index (κ3) is 3.18. The quantitative estimate of drug-likeness (QED) is 0.581. The maximum atomic E-state index is 11.1. The Morgan fingerprint density at radius 2 is 1.64 bits per heavy atom. The van der Waals surface area contributed by atoms with Crippen LogP contribution in [0.2, 0.25) is 0 Å². The first-order chi connectivity index (χ1) is 10.2. The van der Waals surface area contributed by atoms with E-state index in [9.17, 15) is 13.2 Å². The topological polar surface area (TPSA) is 121 Å². The van der Waals surface area contributed by atoms with E-state index in [-0.39, 0.29) is 16.1 Å². The molecule has 2 aromatic carbocycles. The van der Waals surface area contributed by atoms with E-state index >= 15 is 0 Å². The molecule has 0 aromatic heterocycles. The highest BCUT2D eigenvalue weighted by Crippen LogP contribution is 2.27. The lowest BCUT2D eigenvalue weighted by molar-refractivity contribution is 0.0698. The van der Waals surface area contributed by atoms with Crippen LogP contribution in [0.1, 0.15) is 10.4 Å². The summed E-state index contributed by atoms with van der Waals surface area (Å²) in [5.41, 5.74) is 6.94. The number of aromatic carboxylic acids is 1. The molecule has 0 heterocycles. The Kier molecular flexibility index (Phi) is 4.07. The van der Waals surface area contributed by atoms with Crippen molar-refractivity contribution in [2.75, 3.05) is 17.7 Å². The van der Waals surface area contributed by atoms with Gasteiger partial charge in [0.2, 0.25) is 0 Å². The average molecular weight is 322 g/mol. The molecule has 0 saturated carbocycles. The second-order valence-electron chi connectivity index (χ2n) is 4.60. The van der Waals surface area contributed by atoms with Gasteiger partial charge in [0.25, 0.3) is 10.1 Å². The smallest absolute Gasteiger partial charge is 0.337 e. The van der Waals surface area contributed by atoms with E-state index in [2.05, 4.69) is 0 Å². The van der Waals surface area contributed by atoms with E-state index in [1.54, 1.807) is 18.0 Å². The molecule has 0 saturated heterocycles. The molecule has 0 aliphatic rings. The van der Waals surface area contributed by atoms with Crippen LogP contribution in [-0.4, -0.2) is 31.1 Å². The number of nitrogen functional groups attached to an aromatic ring is 1. The molecule has 0 amide bonds. The third-order valence-electron chi connectivity index (χ3n) is 3.18. The maximum Gasteiger partial charge on any atom is 0.337 e. The number of nitrogens with zero attached hydrogens (tertiary/aromatic N) is 1. The molecule has 0 aliphatic carbocycles. The van der Waals surface area contributed by atoms with Gasteiger partial charge in [-0.1, -0.05) is 0 Å². The normalized spacial score (nSPS) is 11.2. The van der Waals surface area contributed by atoms with Crippen molar-refractivity contribution in [2.45, 2.75) is 4.90 Å². The fourth-order valence-corrected chi connectivity index (χ4v) is 2.41. The van der Waals surface area contributed by atoms with E-state index in [1.807, 2.05) is 0 Å². The van der Waals surface area contributed by atoms with Gasteiger partial charge in [-0.2, -0.15) is 8.42 Å². The molecule has 8 heteroatoms. The number of carbonyl (C=O) groups is 1. The Morgan fingerprint density at radius 3 is 2.14 bits per heavy atom. The summed E-state index contributed by atoms with van der Waals surface area (Å²) in [5, 5.41) is 9.08. The van der Waals surface area contributed by atoms with Crippen molar-refractivity contribution in [3.8, 4) is 0 Å². The predicted molar refractivity (Wildman–Crippen MR) is 82.1 cm³/mol. The van der Waals surface area contributed by atoms with Gasteiger partial charge in [0, 0.05) is 24.1 Å². The lowest BCUT2D eigenvalue weighted by Crippen LogP contribution is -2.12. The van der Waals surface area contributed by atoms with Crippen LogP contribution in [0.5, 0.6) is 0 Å². The number of carboxylic acid groups (broad SMARTS) is 1. The van der Waals surface area contributed by atoms with E-state index in [0.717, 1.165) is 0 Å². The monoisotopic (exact) mass is 322 g/mol. The molecule has 0 bridgehead atoms. The summed E-state index contributed by atoms with van der Waals surface area (Å²) in [5.74, 6) is -1.13. The van der Waals surface area contributed by atoms with Crippen molar-refractivity contribution in [1.29, 1.82) is 0 Å². The van der Waals surface area contributed by atoms with Gasteiger partial charge in [0.1, 0.15) is 0 Å². The minimum atomic E-state index is -4.25. The van der Waals surface area contributed by atoms with E-state index in [1.165, 1.54) is 36.4 Å². The van der Waals surface area contributed by atoms with Crippen molar-refractivity contribution >= 4 is 33.1 Å². The zero-order chi connectivity index (χ0) is 16.5. The van der Waals surface area contributed by atoms with Crippen molar-refractivity contribution in [1.82, 2.24) is 0 Å². The molecule has 2 aromatic rings. The van der Waals surface area contributed by atoms with Crippen molar-refractivity contribution in [3.63, 3.8) is 0 Å². The third-order valence-corrected chi connectivity index (χ3v) is 4.04. The SMILES string of the molecule is CN(c1ccc(S(=O)(=O)O)cc1)c1ccc(N)c(C(=O)O)c1. The molecule has 0 unspecified atom stereocenters. The summed E-state index contributed by atoms with van der Waals surface area (Å²) < 4.78 is 31.0. The summed E-state index contributed by atoms with van der Waals surface area (Å²) in [7, 11) is -2.55. The van der Waals surface area contributed by atoms with Gasteiger partial charge >= 0.3 is 5.97 Å². The molecule has 0 spiro atoms. The van der Waals surface area contributed by atoms with Crippen LogP contribution in [0.15, 0.2) is 47.4 Å². The number of hydrogen-bond donors (Lipinski definition) is 3. The minimum absolute atomic E-state index is 0.0149. The van der Waals surface area contributed by atoms with E-state index in [0.29, 0.717) is 11.4 Å². The Hall–Kier alpha value is -2.58. The second-order valence-corrected chi connectivity index (χ2v) is 6.03. The number of nitrogens with two attached hydrogens (primary N) is 1. The van der Waals surface area contributed by atoms with E-state index < -0.39 is 16.1 Å². The molecule has 0 radical (unpaired) electrons. The standard InChI is InChI=1S/C14H14N2O5S/c1-16(9-2-5-11(6-3-9)22(19,20)21)10-4-7-13(15)12(8-10)14(17)18/h2-8H,15H2,1H3,(H,17,18)(H,19,20,21). The van der Waals surface area contributed by atoms with Crippen molar-refractivity contribution < 1.29 is 22.9 Å². The molecule has 116 valence electrons. The average Bonchev–Trinajstić information content (AvgIpc) is 2.46. The van der Waals surface area contributed by atoms with Gasteiger partial charge in [-0.3, -0.25) is 4.55 Å². The Morgan fingerprint density at radius 1 is 1.09 bits per heavy atom. The van der Waals surface area contributed by atoms with Crippen LogP contribution < -0.4 is 10.6 Å². The summed E-state index contributed by atoms with van der Waals surface area (Å²) in [6.45, 7) is 0. The number of rotatable bonds is 4. The maximum absolute atomic E-state index is 11.1. The summed E-state index contributed by atoms with van der Waals surface area (Å²) in [4.78, 5) is 12.5. The summed E-state index contributed by atoms with van der Waals surface area (Å²) in [6, 6.07) is 10.1. The Bertz CT molecular complexity index is 816. The lowest BCUT2D eigenvalue weighted by atomic mass is 10.1. The van der Waals surface area contributed by atoms with Crippen LogP contribution >= 0.6 is 0 Å². The van der Waals surface area contributed by atoms with Crippen molar-refractivity contribution in [2.24, 2.45) is 0 Å². The highest BCUT2D eigenvalue weighted by molar-refractivity contribution is 7.85. The number of hydrogen-bond acceptors (Lipinski definition) is 5. The zero-order valence-electron chi connectivity index (χ0n) is 11.6. The predicted octanol–water partition coefficient (Wildman–Crippen LogP) is 1.98. The van der Waals surface area contributed by atoms with Gasteiger partial charge in [-0.25, -0.2) is 4.79 Å². The first kappa shape index (κ1) is 15.8. The largest absolute Gasteiger partial charge is 0.478 e. The first-order valence-electron chi connectivity index (χ1n) is 6.14. The zero-order valence-corrected chi connectivity index (χ0v) is 12.4. The van der Waals surface area contributed by atoms with Crippen LogP contribution in [0, 0.1) is 0 Å². The molecule has 2 rings (SSSR count). The van der Waals surface area contributed by atoms with Crippen LogP contribution in [0.25, 0.3) is 0 Å². The number of carboxylic acids is 1. The minimum Gasteiger partial charge on any atom is -0.478 e. The lowest BCUT2D eigenvalue weighted by Gasteiger charge is -2.20. The molecule has 0 fully saturated rings. The van der Waals surface area contributed by atoms with Crippen molar-refractivity contribution in [3.05, 3.63) is 48.0 Å². The van der Waals surface area contributed by atoms with Gasteiger partial charge in [-0.05, 0) is 42.5 Å². The summed E-state index contributed by atoms with van der Waals surface area (Å²) >= 11 is 0. The number of benzene rings is 2. The second kappa shape index (κ2) is 5.66. The number of anilines is 3. The van der Waals surface area contributed by atoms with Crippen LogP contribution in [-0.2, 0) is 10.1 Å². The van der Waals surface area contributed by atoms with Crippen LogP contribution in [0.4, 0.5) is 17.1 Å². The Balaban J connectivity index is 2.38. The van der Waals surface area contributed by atoms with Gasteiger partial charge in [0.05, 0.1) is 10.5 Å². The molecule has 22 heavy (non-hydrogen) atoms. The molecule has 4 N–H and O–H groups in total. The Labute approximate surface area is 127 Å². The fourth-order valence-electron chi connectivity index (χ4n) is 1.93. The fraction of sp³-hybridized carbons (Fsp3) is 0.0714. The molecule has 7 nitrogen and oxygen atoms in total. The molecule has 0 atom stereocenters. The first-order valence-corrected chi connectivity index (χ1v) is 7.58. The van der Waals surface area contributed by atoms with Crippen LogP contribution in [0.3, 0.4) is 0 Å². The van der Waals surface area contributed by atoms with Gasteiger partial charge in [-0.15, -0.1) is 0 Å². The van der Waals surface area contributed by atoms with E-state index in [4.69, 9.17) is 15.4 Å².